The Labute approximate surface area is 231 Å². The first-order valence-electron chi connectivity index (χ1n) is 13.4. The molecule has 0 aliphatic carbocycles. The van der Waals surface area contributed by atoms with E-state index in [1.807, 2.05) is 70.9 Å². The van der Waals surface area contributed by atoms with Crippen molar-refractivity contribution < 1.29 is 19.5 Å². The molecule has 2 aromatic carbocycles. The number of aromatic nitrogens is 1. The number of ether oxygens (including phenoxy) is 1. The molecule has 1 heterocycles. The van der Waals surface area contributed by atoms with Gasteiger partial charge in [-0.2, -0.15) is 0 Å². The number of aryl methyl sites for hydroxylation is 1. The molecule has 3 rings (SSSR count). The van der Waals surface area contributed by atoms with Crippen molar-refractivity contribution in [1.82, 2.24) is 15.4 Å². The number of nitrogens with zero attached hydrogens (tertiary/aromatic N) is 1. The molecule has 214 valence electrons. The molecule has 9 heteroatoms. The van der Waals surface area contributed by atoms with Gasteiger partial charge in [-0.05, 0) is 60.5 Å². The van der Waals surface area contributed by atoms with Gasteiger partial charge in [0.25, 0.3) is 5.56 Å². The summed E-state index contributed by atoms with van der Waals surface area (Å²) in [7, 11) is 0. The molecule has 9 nitrogen and oxygen atoms in total. The van der Waals surface area contributed by atoms with Crippen LogP contribution in [0.5, 0.6) is 0 Å². The van der Waals surface area contributed by atoms with E-state index in [-0.39, 0.29) is 5.56 Å². The number of benzene rings is 2. The average Bonchev–Trinajstić information content (AvgIpc) is 2.98. The maximum atomic E-state index is 13.1. The number of carbonyl (C=O) groups excluding carboxylic acids is 2. The summed E-state index contributed by atoms with van der Waals surface area (Å²) in [5.41, 5.74) is 10.9. The molecule has 0 saturated heterocycles. The third-order valence-electron chi connectivity index (χ3n) is 6.69. The van der Waals surface area contributed by atoms with Crippen LogP contribution in [0, 0.1) is 5.41 Å². The van der Waals surface area contributed by atoms with Gasteiger partial charge in [0.2, 0.25) is 5.91 Å². The van der Waals surface area contributed by atoms with Crippen molar-refractivity contribution in [2.24, 2.45) is 5.41 Å². The zero-order chi connectivity index (χ0) is 29.4. The molecule has 39 heavy (non-hydrogen) atoms. The Balaban J connectivity index is 0.00000181. The fourth-order valence-corrected chi connectivity index (χ4v) is 4.09. The summed E-state index contributed by atoms with van der Waals surface area (Å²) in [5.74, 6) is -0.441. The second-order valence-corrected chi connectivity index (χ2v) is 9.02. The molecule has 0 bridgehead atoms. The third kappa shape index (κ3) is 9.02. The molecule has 0 aliphatic rings. The fraction of sp³-hybridized carbons (Fsp3) is 0.433. The molecule has 1 atom stereocenters. The molecule has 3 aromatic rings. The van der Waals surface area contributed by atoms with Crippen LogP contribution in [0.15, 0.2) is 53.5 Å². The van der Waals surface area contributed by atoms with Gasteiger partial charge in [-0.3, -0.25) is 14.8 Å². The smallest absolute Gasteiger partial charge is 0.258 e. The summed E-state index contributed by atoms with van der Waals surface area (Å²) >= 11 is 0. The van der Waals surface area contributed by atoms with E-state index in [0.717, 1.165) is 28.6 Å². The molecule has 1 aromatic heterocycles. The largest absolute Gasteiger partial charge is 0.398 e. The molecular formula is C30H44N4O5. The molecule has 0 radical (unpaired) electrons. The minimum atomic E-state index is -0.754. The monoisotopic (exact) mass is 540 g/mol. The van der Waals surface area contributed by atoms with Gasteiger partial charge in [0.05, 0.1) is 6.61 Å². The van der Waals surface area contributed by atoms with Crippen LogP contribution in [-0.4, -0.2) is 42.2 Å². The van der Waals surface area contributed by atoms with Crippen LogP contribution in [-0.2, 0) is 27.4 Å². The number of nitrogens with one attached hydrogen (secondary N) is 2. The summed E-state index contributed by atoms with van der Waals surface area (Å²) in [5, 5.41) is 13.8. The molecular weight excluding hydrogens is 496 g/mol. The molecule has 0 aliphatic heterocycles. The van der Waals surface area contributed by atoms with Crippen LogP contribution in [0.4, 0.5) is 5.69 Å². The van der Waals surface area contributed by atoms with Crippen LogP contribution in [0.25, 0.3) is 21.9 Å². The Morgan fingerprint density at radius 2 is 1.85 bits per heavy atom. The minimum Gasteiger partial charge on any atom is -0.398 e. The summed E-state index contributed by atoms with van der Waals surface area (Å²) < 4.78 is 6.95. The van der Waals surface area contributed by atoms with Crippen molar-refractivity contribution in [2.45, 2.75) is 60.5 Å². The molecule has 0 spiro atoms. The highest BCUT2D eigenvalue weighted by Gasteiger charge is 2.30. The quantitative estimate of drug-likeness (QED) is 0.115. The first kappa shape index (κ1) is 33.5. The molecule has 0 fully saturated rings. The van der Waals surface area contributed by atoms with E-state index in [2.05, 4.69) is 11.4 Å². The molecule has 0 unspecified atom stereocenters. The highest BCUT2D eigenvalue weighted by molar-refractivity contribution is 5.89. The van der Waals surface area contributed by atoms with Crippen LogP contribution < -0.4 is 22.1 Å². The first-order valence-corrected chi connectivity index (χ1v) is 13.4. The van der Waals surface area contributed by atoms with Crippen molar-refractivity contribution in [3.63, 3.8) is 0 Å². The number of hydrogen-bond donors (Lipinski definition) is 4. The second kappa shape index (κ2) is 17.1. The third-order valence-corrected chi connectivity index (χ3v) is 6.69. The highest BCUT2D eigenvalue weighted by Crippen LogP contribution is 2.30. The molecule has 5 N–H and O–H groups in total. The standard InChI is InChI=1S/C27H36N4O4.C2H6.CH2O/c1-4-27(3,26(33)30-34)11-14-31-13-10-21-17-20(7-9-23(21)25(31)32)22-8-6-19(16-24(22)28)18-29-12-15-35-5-2;2*1-2/h6-10,13,16-17,29,34H,4-5,11-12,14-15,18,28H2,1-3H3,(H,30,33);1-2H3;1H2/t27-;;/m1../s1. The zero-order valence-corrected chi connectivity index (χ0v) is 23.9. The minimum absolute atomic E-state index is 0.113. The van der Waals surface area contributed by atoms with E-state index >= 15 is 0 Å². The fourth-order valence-electron chi connectivity index (χ4n) is 4.09. The number of anilines is 1. The Morgan fingerprint density at radius 1 is 1.13 bits per heavy atom. The van der Waals surface area contributed by atoms with E-state index in [4.69, 9.17) is 20.5 Å². The lowest BCUT2D eigenvalue weighted by molar-refractivity contribution is -0.139. The van der Waals surface area contributed by atoms with Gasteiger partial charge in [0, 0.05) is 54.5 Å². The highest BCUT2D eigenvalue weighted by atomic mass is 16.5. The number of nitrogens with two attached hydrogens (primary N) is 1. The van der Waals surface area contributed by atoms with Crippen LogP contribution in [0.1, 0.15) is 53.0 Å². The Hall–Kier alpha value is -3.53. The lowest BCUT2D eigenvalue weighted by atomic mass is 9.83. The van der Waals surface area contributed by atoms with Gasteiger partial charge in [-0.25, -0.2) is 5.48 Å². The maximum absolute atomic E-state index is 13.1. The Morgan fingerprint density at radius 3 is 2.46 bits per heavy atom. The van der Waals surface area contributed by atoms with E-state index in [1.54, 1.807) is 23.2 Å². The van der Waals surface area contributed by atoms with Crippen molar-refractivity contribution in [3.05, 3.63) is 64.6 Å². The van der Waals surface area contributed by atoms with Crippen molar-refractivity contribution >= 4 is 29.2 Å². The van der Waals surface area contributed by atoms with Crippen molar-refractivity contribution in [1.29, 1.82) is 0 Å². The number of amides is 1. The number of hydrogen-bond acceptors (Lipinski definition) is 7. The number of carbonyl (C=O) groups is 2. The number of nitrogen functional groups attached to an aromatic ring is 1. The van der Waals surface area contributed by atoms with Crippen molar-refractivity contribution in [3.8, 4) is 11.1 Å². The number of hydroxylamine groups is 1. The normalized spacial score (nSPS) is 11.9. The lowest BCUT2D eigenvalue weighted by Crippen LogP contribution is -2.38. The SMILES string of the molecule is C=O.CC.CCOCCNCc1ccc(-c2ccc3c(=O)n(CC[C@@](C)(CC)C(=O)NO)ccc3c2)c(N)c1. The van der Waals surface area contributed by atoms with Gasteiger partial charge in [0.1, 0.15) is 6.79 Å². The summed E-state index contributed by atoms with van der Waals surface area (Å²) in [4.78, 5) is 33.1. The molecule has 1 amide bonds. The predicted octanol–water partition coefficient (Wildman–Crippen LogP) is 4.53. The van der Waals surface area contributed by atoms with Crippen LogP contribution >= 0.6 is 0 Å². The lowest BCUT2D eigenvalue weighted by Gasteiger charge is -2.25. The van der Waals surface area contributed by atoms with E-state index in [0.29, 0.717) is 50.2 Å². The first-order chi connectivity index (χ1) is 18.8. The maximum Gasteiger partial charge on any atom is 0.258 e. The van der Waals surface area contributed by atoms with Gasteiger partial charge in [-0.15, -0.1) is 0 Å². The van der Waals surface area contributed by atoms with Crippen LogP contribution in [0.2, 0.25) is 0 Å². The Kier molecular flexibility index (Phi) is 14.7. The summed E-state index contributed by atoms with van der Waals surface area (Å²) in [6.45, 7) is 14.9. The van der Waals surface area contributed by atoms with E-state index in [1.165, 1.54) is 0 Å². The van der Waals surface area contributed by atoms with Gasteiger partial charge >= 0.3 is 0 Å². The predicted molar refractivity (Wildman–Crippen MR) is 158 cm³/mol. The van der Waals surface area contributed by atoms with E-state index < -0.39 is 11.3 Å². The summed E-state index contributed by atoms with van der Waals surface area (Å²) in [6.07, 6.45) is 2.74. The number of rotatable bonds is 12. The molecule has 0 saturated carbocycles. The number of pyridine rings is 1. The van der Waals surface area contributed by atoms with Gasteiger partial charge < -0.3 is 25.1 Å². The van der Waals surface area contributed by atoms with Gasteiger partial charge in [0.15, 0.2) is 0 Å². The van der Waals surface area contributed by atoms with E-state index in [9.17, 15) is 9.59 Å². The topological polar surface area (TPSA) is 136 Å². The Bertz CT molecular complexity index is 1240. The number of fused-ring (bicyclic) bond motifs is 1. The van der Waals surface area contributed by atoms with Crippen LogP contribution in [0.3, 0.4) is 0 Å². The summed E-state index contributed by atoms with van der Waals surface area (Å²) in [6, 6.07) is 13.6. The second-order valence-electron chi connectivity index (χ2n) is 9.02. The van der Waals surface area contributed by atoms with Crippen molar-refractivity contribution in [2.75, 3.05) is 25.5 Å². The van der Waals surface area contributed by atoms with Gasteiger partial charge in [-0.1, -0.05) is 45.9 Å². The average molecular weight is 541 g/mol. The zero-order valence-electron chi connectivity index (χ0n) is 23.9.